The van der Waals surface area contributed by atoms with Gasteiger partial charge in [0, 0.05) is 24.1 Å². The van der Waals surface area contributed by atoms with Gasteiger partial charge in [-0.25, -0.2) is 0 Å². The Morgan fingerprint density at radius 2 is 1.89 bits per heavy atom. The lowest BCUT2D eigenvalue weighted by Crippen LogP contribution is -2.26. The number of carbonyl (C=O) groups is 1. The van der Waals surface area contributed by atoms with Gasteiger partial charge >= 0.3 is 0 Å². The van der Waals surface area contributed by atoms with Crippen molar-refractivity contribution in [1.82, 2.24) is 14.9 Å². The van der Waals surface area contributed by atoms with Crippen LogP contribution in [0.3, 0.4) is 0 Å². The summed E-state index contributed by atoms with van der Waals surface area (Å²) in [5.74, 6) is 1.30. The fourth-order valence-electron chi connectivity index (χ4n) is 3.33. The second-order valence-electron chi connectivity index (χ2n) is 6.53. The average Bonchev–Trinajstić information content (AvgIpc) is 3.02. The molecule has 1 N–H and O–H groups in total. The molecule has 2 heterocycles. The van der Waals surface area contributed by atoms with Crippen molar-refractivity contribution >= 4 is 5.91 Å². The molecule has 3 rings (SSSR count). The number of pyridine rings is 1. The van der Waals surface area contributed by atoms with Crippen LogP contribution in [0.1, 0.15) is 27.3 Å². The van der Waals surface area contributed by atoms with Gasteiger partial charge in [0.15, 0.2) is 11.5 Å². The highest BCUT2D eigenvalue weighted by Gasteiger charge is 2.16. The number of amides is 1. The Balaban J connectivity index is 1.68. The maximum atomic E-state index is 12.7. The van der Waals surface area contributed by atoms with E-state index >= 15 is 0 Å². The summed E-state index contributed by atoms with van der Waals surface area (Å²) in [6.45, 7) is 4.47. The van der Waals surface area contributed by atoms with Crippen LogP contribution in [0.25, 0.3) is 5.69 Å². The van der Waals surface area contributed by atoms with Crippen molar-refractivity contribution in [1.29, 1.82) is 0 Å². The van der Waals surface area contributed by atoms with Gasteiger partial charge in [0.2, 0.25) is 0 Å². The fourth-order valence-corrected chi connectivity index (χ4v) is 3.33. The molecule has 0 spiro atoms. The molecule has 0 aliphatic rings. The van der Waals surface area contributed by atoms with Crippen LogP contribution >= 0.6 is 0 Å². The Hall–Kier alpha value is -3.28. The summed E-state index contributed by atoms with van der Waals surface area (Å²) in [6.07, 6.45) is 4.23. The van der Waals surface area contributed by atoms with Crippen molar-refractivity contribution in [2.45, 2.75) is 20.3 Å². The highest BCUT2D eigenvalue weighted by Crippen LogP contribution is 2.27. The molecule has 0 radical (unpaired) electrons. The molecule has 0 aliphatic carbocycles. The van der Waals surface area contributed by atoms with Gasteiger partial charge in [-0.05, 0) is 56.2 Å². The van der Waals surface area contributed by atoms with Crippen LogP contribution in [0.4, 0.5) is 0 Å². The number of nitrogens with zero attached hydrogens (tertiary/aromatic N) is 2. The third-order valence-electron chi connectivity index (χ3n) is 4.73. The summed E-state index contributed by atoms with van der Waals surface area (Å²) in [5.41, 5.74) is 4.58. The monoisotopic (exact) mass is 379 g/mol. The predicted molar refractivity (Wildman–Crippen MR) is 109 cm³/mol. The number of hydrogen-bond donors (Lipinski definition) is 1. The Kier molecular flexibility index (Phi) is 5.99. The molecule has 6 heteroatoms. The first-order valence-corrected chi connectivity index (χ1v) is 9.13. The lowest BCUT2D eigenvalue weighted by Gasteiger charge is -2.11. The van der Waals surface area contributed by atoms with E-state index in [1.165, 1.54) is 0 Å². The summed E-state index contributed by atoms with van der Waals surface area (Å²) in [4.78, 5) is 16.9. The summed E-state index contributed by atoms with van der Waals surface area (Å²) in [7, 11) is 3.22. The molecule has 28 heavy (non-hydrogen) atoms. The van der Waals surface area contributed by atoms with Crippen molar-refractivity contribution in [3.8, 4) is 17.2 Å². The molecule has 0 fully saturated rings. The van der Waals surface area contributed by atoms with Crippen LogP contribution in [-0.2, 0) is 6.42 Å². The zero-order valence-corrected chi connectivity index (χ0v) is 16.7. The van der Waals surface area contributed by atoms with Gasteiger partial charge in [0.05, 0.1) is 31.7 Å². The Labute approximate surface area is 165 Å². The lowest BCUT2D eigenvalue weighted by atomic mass is 10.1. The molecular weight excluding hydrogens is 354 g/mol. The molecule has 2 aromatic heterocycles. The highest BCUT2D eigenvalue weighted by atomic mass is 16.5. The normalized spacial score (nSPS) is 10.6. The fraction of sp³-hybridized carbons (Fsp3) is 0.273. The van der Waals surface area contributed by atoms with Crippen molar-refractivity contribution in [2.24, 2.45) is 0 Å². The van der Waals surface area contributed by atoms with E-state index in [-0.39, 0.29) is 5.91 Å². The number of aromatic nitrogens is 2. The summed E-state index contributed by atoms with van der Waals surface area (Å²) >= 11 is 0. The number of rotatable bonds is 7. The van der Waals surface area contributed by atoms with Crippen LogP contribution in [0.5, 0.6) is 11.5 Å². The van der Waals surface area contributed by atoms with Crippen molar-refractivity contribution < 1.29 is 14.3 Å². The molecular formula is C22H25N3O3. The van der Waals surface area contributed by atoms with E-state index in [0.717, 1.165) is 22.6 Å². The highest BCUT2D eigenvalue weighted by molar-refractivity contribution is 5.95. The van der Waals surface area contributed by atoms with Crippen molar-refractivity contribution in [3.63, 3.8) is 0 Å². The van der Waals surface area contributed by atoms with Crippen LogP contribution in [-0.4, -0.2) is 36.2 Å². The topological polar surface area (TPSA) is 65.4 Å². The number of nitrogens with one attached hydrogen (secondary N) is 1. The summed E-state index contributed by atoms with van der Waals surface area (Å²) in [5, 5.41) is 3.01. The molecule has 0 unspecified atom stereocenters. The Bertz CT molecular complexity index is 965. The Morgan fingerprint density at radius 1 is 1.11 bits per heavy atom. The first kappa shape index (κ1) is 19.5. The summed E-state index contributed by atoms with van der Waals surface area (Å²) < 4.78 is 12.6. The molecule has 0 aliphatic heterocycles. The third-order valence-corrected chi connectivity index (χ3v) is 4.73. The number of hydrogen-bond acceptors (Lipinski definition) is 4. The zero-order chi connectivity index (χ0) is 20.1. The second-order valence-corrected chi connectivity index (χ2v) is 6.53. The molecule has 1 amide bonds. The smallest absolute Gasteiger partial charge is 0.253 e. The van der Waals surface area contributed by atoms with Gasteiger partial charge in [-0.2, -0.15) is 0 Å². The first-order valence-electron chi connectivity index (χ1n) is 9.13. The average molecular weight is 379 g/mol. The van der Waals surface area contributed by atoms with Crippen molar-refractivity contribution in [2.75, 3.05) is 20.8 Å². The van der Waals surface area contributed by atoms with E-state index in [0.29, 0.717) is 30.0 Å². The van der Waals surface area contributed by atoms with Gasteiger partial charge in [0.25, 0.3) is 5.91 Å². The third kappa shape index (κ3) is 4.01. The molecule has 3 aromatic rings. The SMILES string of the molecule is COc1ccc(CCNC(=O)c2cc(C)n(-c3cccnc3)c2C)cc1OC. The van der Waals surface area contributed by atoms with Gasteiger partial charge in [-0.1, -0.05) is 6.07 Å². The van der Waals surface area contributed by atoms with Gasteiger partial charge in [0.1, 0.15) is 0 Å². The number of carbonyl (C=O) groups excluding carboxylic acids is 1. The number of ether oxygens (including phenoxy) is 2. The van der Waals surface area contributed by atoms with E-state index in [9.17, 15) is 4.79 Å². The quantitative estimate of drug-likeness (QED) is 0.683. The van der Waals surface area contributed by atoms with Crippen LogP contribution in [0.15, 0.2) is 48.8 Å². The molecule has 0 atom stereocenters. The Morgan fingerprint density at radius 3 is 2.57 bits per heavy atom. The molecule has 0 saturated heterocycles. The van der Waals surface area contributed by atoms with Gasteiger partial charge < -0.3 is 19.4 Å². The van der Waals surface area contributed by atoms with Crippen LogP contribution in [0, 0.1) is 13.8 Å². The van der Waals surface area contributed by atoms with Crippen LogP contribution in [0.2, 0.25) is 0 Å². The van der Waals surface area contributed by atoms with E-state index in [4.69, 9.17) is 9.47 Å². The standard InChI is InChI=1S/C22H25N3O3/c1-15-12-19(16(2)25(15)18-6-5-10-23-14-18)22(26)24-11-9-17-7-8-20(27-3)21(13-17)28-4/h5-8,10,12-14H,9,11H2,1-4H3,(H,24,26). The minimum absolute atomic E-state index is 0.0799. The lowest BCUT2D eigenvalue weighted by molar-refractivity contribution is 0.0953. The number of benzene rings is 1. The van der Waals surface area contributed by atoms with Gasteiger partial charge in [-0.15, -0.1) is 0 Å². The molecule has 0 saturated carbocycles. The van der Waals surface area contributed by atoms with E-state index < -0.39 is 0 Å². The van der Waals surface area contributed by atoms with Gasteiger partial charge in [-0.3, -0.25) is 9.78 Å². The molecule has 6 nitrogen and oxygen atoms in total. The van der Waals surface area contributed by atoms with Crippen LogP contribution < -0.4 is 14.8 Å². The largest absolute Gasteiger partial charge is 0.493 e. The summed E-state index contributed by atoms with van der Waals surface area (Å²) in [6, 6.07) is 11.6. The zero-order valence-electron chi connectivity index (χ0n) is 16.7. The molecule has 1 aromatic carbocycles. The minimum Gasteiger partial charge on any atom is -0.493 e. The maximum Gasteiger partial charge on any atom is 0.253 e. The second kappa shape index (κ2) is 8.61. The van der Waals surface area contributed by atoms with E-state index in [1.807, 2.05) is 54.8 Å². The van der Waals surface area contributed by atoms with Crippen molar-refractivity contribution in [3.05, 3.63) is 71.3 Å². The maximum absolute atomic E-state index is 12.7. The number of methoxy groups -OCH3 is 2. The number of aryl methyl sites for hydroxylation is 1. The van der Waals surface area contributed by atoms with E-state index in [1.54, 1.807) is 26.6 Å². The predicted octanol–water partition coefficient (Wildman–Crippen LogP) is 3.48. The molecule has 0 bridgehead atoms. The molecule has 146 valence electrons. The minimum atomic E-state index is -0.0799. The first-order chi connectivity index (χ1) is 13.5. The van der Waals surface area contributed by atoms with E-state index in [2.05, 4.69) is 10.3 Å².